The predicted octanol–water partition coefficient (Wildman–Crippen LogP) is 7.66. The minimum Gasteiger partial charge on any atom is -0.512 e. The summed E-state index contributed by atoms with van der Waals surface area (Å²) < 4.78 is 7.86. The number of fused-ring (bicyclic) bond motifs is 1. The number of aliphatic hydroxyl groups is 1. The second-order valence-electron chi connectivity index (χ2n) is 10.6. The summed E-state index contributed by atoms with van der Waals surface area (Å²) in [5.41, 5.74) is 8.38. The van der Waals surface area contributed by atoms with Gasteiger partial charge in [-0.05, 0) is 62.6 Å². The Hall–Kier alpha value is -3.34. The summed E-state index contributed by atoms with van der Waals surface area (Å²) in [6.07, 6.45) is 12.8. The molecule has 2 fully saturated rings. The summed E-state index contributed by atoms with van der Waals surface area (Å²) in [5.74, 6) is 1.81. The number of aryl methyl sites for hydroxylation is 2. The Kier molecular flexibility index (Phi) is 5.32. The number of aromatic nitrogens is 3. The van der Waals surface area contributed by atoms with Gasteiger partial charge in [0, 0.05) is 35.6 Å². The van der Waals surface area contributed by atoms with Gasteiger partial charge in [-0.2, -0.15) is 0 Å². The Labute approximate surface area is 206 Å². The van der Waals surface area contributed by atoms with E-state index in [1.165, 1.54) is 32.1 Å². The molecule has 0 atom stereocenters. The van der Waals surface area contributed by atoms with Crippen molar-refractivity contribution < 1.29 is 9.63 Å². The zero-order valence-corrected chi connectivity index (χ0v) is 20.7. The van der Waals surface area contributed by atoms with Crippen LogP contribution in [0, 0.1) is 19.8 Å². The van der Waals surface area contributed by atoms with Gasteiger partial charge in [0.2, 0.25) is 0 Å². The third kappa shape index (κ3) is 3.78. The Morgan fingerprint density at radius 2 is 1.86 bits per heavy atom. The molecule has 0 amide bonds. The molecule has 0 spiro atoms. The number of nitrogens with zero attached hydrogens (tertiary/aromatic N) is 3. The van der Waals surface area contributed by atoms with E-state index in [9.17, 15) is 5.11 Å². The summed E-state index contributed by atoms with van der Waals surface area (Å²) >= 11 is 0. The van der Waals surface area contributed by atoms with Crippen LogP contribution in [0.1, 0.15) is 62.0 Å². The van der Waals surface area contributed by atoms with E-state index >= 15 is 0 Å². The second-order valence-corrected chi connectivity index (χ2v) is 10.6. The summed E-state index contributed by atoms with van der Waals surface area (Å²) in [6.45, 7) is 8.78. The molecule has 0 radical (unpaired) electrons. The predicted molar refractivity (Wildman–Crippen MR) is 139 cm³/mol. The highest BCUT2D eigenvalue weighted by atomic mass is 16.5. The molecule has 0 saturated heterocycles. The summed E-state index contributed by atoms with van der Waals surface area (Å²) in [7, 11) is 0. The number of aliphatic hydroxyl groups excluding tert-OH is 1. The van der Waals surface area contributed by atoms with Crippen LogP contribution in [0.15, 0.2) is 59.6 Å². The first-order chi connectivity index (χ1) is 17.0. The van der Waals surface area contributed by atoms with Gasteiger partial charge in [0.05, 0.1) is 27.9 Å². The quantitative estimate of drug-likeness (QED) is 0.296. The molecule has 6 rings (SSSR count). The molecule has 3 heterocycles. The van der Waals surface area contributed by atoms with E-state index in [4.69, 9.17) is 9.51 Å². The van der Waals surface area contributed by atoms with Crippen molar-refractivity contribution in [3.05, 3.63) is 72.1 Å². The molecule has 5 nitrogen and oxygen atoms in total. The lowest BCUT2D eigenvalue weighted by atomic mass is 9.89. The van der Waals surface area contributed by atoms with Crippen molar-refractivity contribution in [2.45, 2.75) is 70.8 Å². The minimum absolute atomic E-state index is 0.241. The van der Waals surface area contributed by atoms with Crippen LogP contribution in [0.3, 0.4) is 0 Å². The van der Waals surface area contributed by atoms with Crippen molar-refractivity contribution in [2.75, 3.05) is 0 Å². The molecule has 3 aromatic heterocycles. The Bertz CT molecular complexity index is 1380. The minimum atomic E-state index is -0.241. The summed E-state index contributed by atoms with van der Waals surface area (Å²) in [6, 6.07) is 10.9. The van der Waals surface area contributed by atoms with Gasteiger partial charge in [-0.1, -0.05) is 55.3 Å². The summed E-state index contributed by atoms with van der Waals surface area (Å²) in [4.78, 5) is 4.98. The van der Waals surface area contributed by atoms with Crippen LogP contribution in [-0.4, -0.2) is 19.8 Å². The van der Waals surface area contributed by atoms with Crippen molar-refractivity contribution in [2.24, 2.45) is 5.92 Å². The topological polar surface area (TPSA) is 64.1 Å². The Morgan fingerprint density at radius 1 is 1.11 bits per heavy atom. The number of benzene rings is 1. The third-order valence-corrected chi connectivity index (χ3v) is 8.27. The standard InChI is InChI=1S/C30H33N3O2/c1-19-28(20(2)35-32-19)24-15-27-29(31-16-24)26(18-33(27)17-22-7-5-4-6-8-22)23-9-11-25(12-10-23)30(13-14-30)21(3)34/h9-12,15-16,18,22,34H,3-8,13-14,17H2,1-2H3. The van der Waals surface area contributed by atoms with Crippen molar-refractivity contribution in [1.29, 1.82) is 0 Å². The molecule has 180 valence electrons. The Morgan fingerprint density at radius 3 is 2.49 bits per heavy atom. The molecule has 0 aliphatic heterocycles. The average Bonchev–Trinajstić information content (AvgIpc) is 3.53. The van der Waals surface area contributed by atoms with Crippen LogP contribution >= 0.6 is 0 Å². The van der Waals surface area contributed by atoms with Crippen LogP contribution in [0.5, 0.6) is 0 Å². The van der Waals surface area contributed by atoms with Gasteiger partial charge in [0.25, 0.3) is 0 Å². The lowest BCUT2D eigenvalue weighted by Gasteiger charge is -2.22. The van der Waals surface area contributed by atoms with E-state index in [-0.39, 0.29) is 11.2 Å². The van der Waals surface area contributed by atoms with Gasteiger partial charge in [0.1, 0.15) is 5.76 Å². The molecular formula is C30H33N3O2. The van der Waals surface area contributed by atoms with Gasteiger partial charge in [0.15, 0.2) is 0 Å². The van der Waals surface area contributed by atoms with Crippen LogP contribution in [0.4, 0.5) is 0 Å². The van der Waals surface area contributed by atoms with Gasteiger partial charge >= 0.3 is 0 Å². The maximum Gasteiger partial charge on any atom is 0.141 e. The smallest absolute Gasteiger partial charge is 0.141 e. The maximum atomic E-state index is 10.1. The number of rotatable bonds is 6. The van der Waals surface area contributed by atoms with Crippen LogP contribution in [0.25, 0.3) is 33.3 Å². The fraction of sp³-hybridized carbons (Fsp3) is 0.400. The van der Waals surface area contributed by atoms with E-state index in [1.54, 1.807) is 0 Å². The molecule has 2 saturated carbocycles. The number of pyridine rings is 1. The van der Waals surface area contributed by atoms with Crippen molar-refractivity contribution in [1.82, 2.24) is 14.7 Å². The highest BCUT2D eigenvalue weighted by Crippen LogP contribution is 2.52. The lowest BCUT2D eigenvalue weighted by molar-refractivity contribution is 0.323. The number of hydrogen-bond donors (Lipinski definition) is 1. The molecule has 2 aliphatic carbocycles. The molecule has 4 aromatic rings. The zero-order valence-electron chi connectivity index (χ0n) is 20.7. The average molecular weight is 468 g/mol. The fourth-order valence-corrected chi connectivity index (χ4v) is 6.05. The van der Waals surface area contributed by atoms with Gasteiger partial charge in [-0.3, -0.25) is 4.98 Å². The highest BCUT2D eigenvalue weighted by Gasteiger charge is 2.47. The van der Waals surface area contributed by atoms with Crippen LogP contribution in [-0.2, 0) is 12.0 Å². The molecule has 35 heavy (non-hydrogen) atoms. The molecule has 0 bridgehead atoms. The zero-order chi connectivity index (χ0) is 24.2. The van der Waals surface area contributed by atoms with E-state index in [1.807, 2.05) is 20.0 Å². The molecular weight excluding hydrogens is 434 g/mol. The van der Waals surface area contributed by atoms with Crippen molar-refractivity contribution in [3.63, 3.8) is 0 Å². The van der Waals surface area contributed by atoms with Crippen LogP contribution < -0.4 is 0 Å². The monoisotopic (exact) mass is 467 g/mol. The lowest BCUT2D eigenvalue weighted by Crippen LogP contribution is -2.13. The molecule has 2 aliphatic rings. The van der Waals surface area contributed by atoms with E-state index in [2.05, 4.69) is 52.8 Å². The van der Waals surface area contributed by atoms with Crippen molar-refractivity contribution in [3.8, 4) is 22.3 Å². The van der Waals surface area contributed by atoms with E-state index in [0.29, 0.717) is 5.92 Å². The fourth-order valence-electron chi connectivity index (χ4n) is 6.05. The van der Waals surface area contributed by atoms with Gasteiger partial charge < -0.3 is 14.2 Å². The first-order valence-corrected chi connectivity index (χ1v) is 12.9. The number of allylic oxidation sites excluding steroid dienone is 1. The highest BCUT2D eigenvalue weighted by molar-refractivity contribution is 5.95. The molecule has 0 unspecified atom stereocenters. The first kappa shape index (κ1) is 22.1. The number of hydrogen-bond acceptors (Lipinski definition) is 4. The molecule has 1 aromatic carbocycles. The van der Waals surface area contributed by atoms with E-state index in [0.717, 1.165) is 69.7 Å². The molecule has 5 heteroatoms. The van der Waals surface area contributed by atoms with Crippen molar-refractivity contribution >= 4 is 11.0 Å². The molecule has 1 N–H and O–H groups in total. The first-order valence-electron chi connectivity index (χ1n) is 12.9. The Balaban J connectivity index is 1.44. The van der Waals surface area contributed by atoms with E-state index < -0.39 is 0 Å². The largest absolute Gasteiger partial charge is 0.512 e. The van der Waals surface area contributed by atoms with Gasteiger partial charge in [-0.15, -0.1) is 0 Å². The third-order valence-electron chi connectivity index (χ3n) is 8.27. The summed E-state index contributed by atoms with van der Waals surface area (Å²) in [5, 5.41) is 14.3. The second kappa shape index (κ2) is 8.40. The van der Waals surface area contributed by atoms with Gasteiger partial charge in [-0.25, -0.2) is 0 Å². The normalized spacial score (nSPS) is 17.7. The van der Waals surface area contributed by atoms with Crippen LogP contribution in [0.2, 0.25) is 0 Å². The SMILES string of the molecule is C=C(O)C1(c2ccc(-c3cn(CC4CCCCC4)c4cc(-c5c(C)noc5C)cnc34)cc2)CC1. The maximum absolute atomic E-state index is 10.1.